The zero-order chi connectivity index (χ0) is 14.1. The molecule has 6 heteroatoms. The molecule has 0 spiro atoms. The van der Waals surface area contributed by atoms with Crippen LogP contribution in [0.25, 0.3) is 0 Å². The van der Waals surface area contributed by atoms with Gasteiger partial charge in [0.15, 0.2) is 5.82 Å². The number of nitrogens with zero attached hydrogens (tertiary/aromatic N) is 4. The van der Waals surface area contributed by atoms with E-state index >= 15 is 0 Å². The van der Waals surface area contributed by atoms with Gasteiger partial charge in [0, 0.05) is 26.1 Å². The molecule has 1 saturated carbocycles. The fourth-order valence-electron chi connectivity index (χ4n) is 3.20. The Morgan fingerprint density at radius 1 is 1.30 bits per heavy atom. The van der Waals surface area contributed by atoms with Gasteiger partial charge in [-0.2, -0.15) is 4.98 Å². The van der Waals surface area contributed by atoms with Gasteiger partial charge < -0.3 is 15.5 Å². The molecule has 0 aromatic carbocycles. The van der Waals surface area contributed by atoms with E-state index in [-0.39, 0.29) is 11.9 Å². The van der Waals surface area contributed by atoms with Gasteiger partial charge in [-0.05, 0) is 12.8 Å². The van der Waals surface area contributed by atoms with E-state index in [4.69, 9.17) is 5.73 Å². The Hall–Kier alpha value is -1.85. The molecule has 6 nitrogen and oxygen atoms in total. The van der Waals surface area contributed by atoms with Gasteiger partial charge in [0.2, 0.25) is 11.9 Å². The molecule has 0 saturated heterocycles. The van der Waals surface area contributed by atoms with Crippen LogP contribution in [0.4, 0.5) is 17.5 Å². The molecule has 0 unspecified atom stereocenters. The first-order chi connectivity index (χ1) is 9.66. The highest BCUT2D eigenvalue weighted by atomic mass is 16.2. The van der Waals surface area contributed by atoms with Crippen molar-refractivity contribution in [3.8, 4) is 0 Å². The average Bonchev–Trinajstić information content (AvgIpc) is 2.58. The van der Waals surface area contributed by atoms with E-state index in [1.54, 1.807) is 18.1 Å². The zero-order valence-corrected chi connectivity index (χ0v) is 11.9. The monoisotopic (exact) mass is 275 g/mol. The number of carbonyl (C=O) groups is 1. The van der Waals surface area contributed by atoms with Gasteiger partial charge in [-0.1, -0.05) is 19.3 Å². The summed E-state index contributed by atoms with van der Waals surface area (Å²) in [5, 5.41) is 0. The van der Waals surface area contributed by atoms with Crippen LogP contribution in [-0.2, 0) is 4.79 Å². The molecule has 20 heavy (non-hydrogen) atoms. The number of carbonyl (C=O) groups excluding carboxylic acids is 1. The minimum absolute atomic E-state index is 0.109. The Balaban J connectivity index is 2.00. The zero-order valence-electron chi connectivity index (χ0n) is 11.9. The molecule has 2 N–H and O–H groups in total. The van der Waals surface area contributed by atoms with E-state index < -0.39 is 0 Å². The minimum atomic E-state index is 0.109. The van der Waals surface area contributed by atoms with E-state index in [1.807, 2.05) is 0 Å². The fourth-order valence-corrected chi connectivity index (χ4v) is 3.20. The number of rotatable bonds is 1. The third kappa shape index (κ3) is 2.30. The van der Waals surface area contributed by atoms with Crippen LogP contribution in [0.5, 0.6) is 0 Å². The molecule has 1 aromatic rings. The Bertz CT molecular complexity index is 512. The first-order valence-corrected chi connectivity index (χ1v) is 7.32. The molecule has 2 aliphatic rings. The average molecular weight is 275 g/mol. The molecule has 1 amide bonds. The minimum Gasteiger partial charge on any atom is -0.368 e. The highest BCUT2D eigenvalue weighted by Crippen LogP contribution is 2.34. The molecule has 108 valence electrons. The number of hydrogen-bond donors (Lipinski definition) is 1. The molecule has 1 aliphatic heterocycles. The van der Waals surface area contributed by atoms with Crippen LogP contribution in [0.2, 0.25) is 0 Å². The maximum atomic E-state index is 12.1. The van der Waals surface area contributed by atoms with Crippen molar-refractivity contribution in [3.05, 3.63) is 6.20 Å². The first-order valence-electron chi connectivity index (χ1n) is 7.32. The number of aromatic nitrogens is 2. The maximum absolute atomic E-state index is 12.1. The number of nitrogen functional groups attached to an aromatic ring is 1. The fraction of sp³-hybridized carbons (Fsp3) is 0.643. The number of amides is 1. The predicted octanol–water partition coefficient (Wildman–Crippen LogP) is 1.56. The number of hydrogen-bond acceptors (Lipinski definition) is 5. The first kappa shape index (κ1) is 13.1. The van der Waals surface area contributed by atoms with Gasteiger partial charge >= 0.3 is 0 Å². The normalized spacial score (nSPS) is 20.8. The number of fused-ring (bicyclic) bond motifs is 1. The van der Waals surface area contributed by atoms with E-state index in [0.29, 0.717) is 12.5 Å². The maximum Gasteiger partial charge on any atom is 0.228 e. The molecule has 0 atom stereocenters. The van der Waals surface area contributed by atoms with Gasteiger partial charge in [0.1, 0.15) is 5.69 Å². The highest BCUT2D eigenvalue weighted by molar-refractivity contribution is 5.97. The Morgan fingerprint density at radius 3 is 2.80 bits per heavy atom. The van der Waals surface area contributed by atoms with Crippen molar-refractivity contribution in [2.75, 3.05) is 29.1 Å². The molecule has 1 aromatic heterocycles. The van der Waals surface area contributed by atoms with Crippen molar-refractivity contribution in [1.29, 1.82) is 0 Å². The van der Waals surface area contributed by atoms with Gasteiger partial charge in [-0.3, -0.25) is 4.79 Å². The van der Waals surface area contributed by atoms with Crippen molar-refractivity contribution in [3.63, 3.8) is 0 Å². The van der Waals surface area contributed by atoms with Crippen molar-refractivity contribution in [2.45, 2.75) is 44.6 Å². The number of nitrogens with two attached hydrogens (primary N) is 1. The van der Waals surface area contributed by atoms with Crippen molar-refractivity contribution < 1.29 is 4.79 Å². The van der Waals surface area contributed by atoms with Gasteiger partial charge in [-0.25, -0.2) is 4.98 Å². The quantitative estimate of drug-likeness (QED) is 0.842. The second kappa shape index (κ2) is 5.26. The van der Waals surface area contributed by atoms with Crippen LogP contribution in [0.15, 0.2) is 6.20 Å². The van der Waals surface area contributed by atoms with E-state index in [9.17, 15) is 4.79 Å². The largest absolute Gasteiger partial charge is 0.368 e. The lowest BCUT2D eigenvalue weighted by Crippen LogP contribution is -2.38. The van der Waals surface area contributed by atoms with Gasteiger partial charge in [-0.15, -0.1) is 0 Å². The summed E-state index contributed by atoms with van der Waals surface area (Å²) in [7, 11) is 1.78. The van der Waals surface area contributed by atoms with Crippen molar-refractivity contribution >= 4 is 23.4 Å². The lowest BCUT2D eigenvalue weighted by Gasteiger charge is -2.35. The lowest BCUT2D eigenvalue weighted by atomic mass is 9.94. The molecule has 0 radical (unpaired) electrons. The summed E-state index contributed by atoms with van der Waals surface area (Å²) in [6, 6.07) is 0.469. The lowest BCUT2D eigenvalue weighted by molar-refractivity contribution is -0.118. The van der Waals surface area contributed by atoms with Crippen LogP contribution in [0, 0.1) is 0 Å². The molecule has 1 fully saturated rings. The van der Waals surface area contributed by atoms with Crippen LogP contribution >= 0.6 is 0 Å². The molecule has 0 bridgehead atoms. The Labute approximate surface area is 119 Å². The van der Waals surface area contributed by atoms with Crippen LogP contribution in [-0.4, -0.2) is 35.5 Å². The summed E-state index contributed by atoms with van der Waals surface area (Å²) < 4.78 is 0. The summed E-state index contributed by atoms with van der Waals surface area (Å²) >= 11 is 0. The van der Waals surface area contributed by atoms with E-state index in [1.165, 1.54) is 32.1 Å². The van der Waals surface area contributed by atoms with Crippen LogP contribution in [0.1, 0.15) is 38.5 Å². The topological polar surface area (TPSA) is 75.4 Å². The van der Waals surface area contributed by atoms with Gasteiger partial charge in [0.05, 0.1) is 6.20 Å². The van der Waals surface area contributed by atoms with Crippen LogP contribution in [0.3, 0.4) is 0 Å². The summed E-state index contributed by atoms with van der Waals surface area (Å²) in [5.41, 5.74) is 6.52. The molecule has 3 rings (SSSR count). The summed E-state index contributed by atoms with van der Waals surface area (Å²) in [5.74, 6) is 1.20. The van der Waals surface area contributed by atoms with Crippen LogP contribution < -0.4 is 15.5 Å². The summed E-state index contributed by atoms with van der Waals surface area (Å²) in [6.45, 7) is 0.720. The standard InChI is InChI=1S/C14H21N5O/c1-18-11-9-16-14(15)17-13(11)19(8-7-12(18)20)10-5-3-2-4-6-10/h9-10H,2-8H2,1H3,(H2,15,16,17). The molecule has 2 heterocycles. The van der Waals surface area contributed by atoms with E-state index in [2.05, 4.69) is 14.9 Å². The Morgan fingerprint density at radius 2 is 2.05 bits per heavy atom. The molecule has 1 aliphatic carbocycles. The third-order valence-corrected chi connectivity index (χ3v) is 4.36. The summed E-state index contributed by atoms with van der Waals surface area (Å²) in [4.78, 5) is 24.5. The highest BCUT2D eigenvalue weighted by Gasteiger charge is 2.30. The summed E-state index contributed by atoms with van der Waals surface area (Å²) in [6.07, 6.45) is 8.33. The number of anilines is 3. The third-order valence-electron chi connectivity index (χ3n) is 4.36. The van der Waals surface area contributed by atoms with E-state index in [0.717, 1.165) is 18.1 Å². The Kier molecular flexibility index (Phi) is 3.46. The second-order valence-electron chi connectivity index (χ2n) is 5.63. The predicted molar refractivity (Wildman–Crippen MR) is 78.7 cm³/mol. The van der Waals surface area contributed by atoms with Crippen molar-refractivity contribution in [1.82, 2.24) is 9.97 Å². The molecular weight excluding hydrogens is 254 g/mol. The van der Waals surface area contributed by atoms with Crippen molar-refractivity contribution in [2.24, 2.45) is 0 Å². The molecular formula is C14H21N5O. The van der Waals surface area contributed by atoms with Gasteiger partial charge in [0.25, 0.3) is 0 Å². The second-order valence-corrected chi connectivity index (χ2v) is 5.63. The smallest absolute Gasteiger partial charge is 0.228 e. The SMILES string of the molecule is CN1C(=O)CCN(C2CCCCC2)c2nc(N)ncc21.